The van der Waals surface area contributed by atoms with Gasteiger partial charge < -0.3 is 10.2 Å². The van der Waals surface area contributed by atoms with Crippen LogP contribution in [0.4, 0.5) is 0 Å². The van der Waals surface area contributed by atoms with Gasteiger partial charge in [0.15, 0.2) is 0 Å². The van der Waals surface area contributed by atoms with E-state index in [2.05, 4.69) is 48.3 Å². The molecule has 1 aliphatic heterocycles. The van der Waals surface area contributed by atoms with Crippen molar-refractivity contribution in [3.05, 3.63) is 35.4 Å². The van der Waals surface area contributed by atoms with Crippen LogP contribution in [0.1, 0.15) is 25.0 Å². The molecule has 1 heterocycles. The maximum atomic E-state index is 12.7. The van der Waals surface area contributed by atoms with Crippen LogP contribution in [0.25, 0.3) is 0 Å². The standard InChI is InChI=1S/C16H22N2O/c1-11-10-18(12(2)9-17-11)16(19)15-7-13-5-3-4-6-14(13)8-15/h3-6,11-12,15,17H,7-10H2,1-2H3. The lowest BCUT2D eigenvalue weighted by molar-refractivity contribution is -0.138. The molecule has 0 saturated carbocycles. The Morgan fingerprint density at radius 1 is 1.21 bits per heavy atom. The molecular weight excluding hydrogens is 236 g/mol. The molecule has 1 saturated heterocycles. The molecule has 0 bridgehead atoms. The minimum atomic E-state index is 0.158. The average Bonchev–Trinajstić information content (AvgIpc) is 2.84. The van der Waals surface area contributed by atoms with Crippen molar-refractivity contribution in [2.75, 3.05) is 13.1 Å². The van der Waals surface area contributed by atoms with Gasteiger partial charge in [-0.3, -0.25) is 4.79 Å². The first-order valence-corrected chi connectivity index (χ1v) is 7.26. The Bertz CT molecular complexity index is 460. The molecule has 1 aromatic rings. The van der Waals surface area contributed by atoms with Gasteiger partial charge in [-0.25, -0.2) is 0 Å². The quantitative estimate of drug-likeness (QED) is 0.830. The summed E-state index contributed by atoms with van der Waals surface area (Å²) in [5.41, 5.74) is 2.72. The molecule has 3 nitrogen and oxygen atoms in total. The first-order valence-electron chi connectivity index (χ1n) is 7.26. The predicted octanol–water partition coefficient (Wildman–Crippen LogP) is 1.61. The second kappa shape index (κ2) is 4.97. The summed E-state index contributed by atoms with van der Waals surface area (Å²) in [5, 5.41) is 3.43. The third kappa shape index (κ3) is 2.39. The number of nitrogens with zero attached hydrogens (tertiary/aromatic N) is 1. The zero-order valence-corrected chi connectivity index (χ0v) is 11.7. The molecule has 1 amide bonds. The molecule has 0 aromatic heterocycles. The number of hydrogen-bond donors (Lipinski definition) is 1. The van der Waals surface area contributed by atoms with E-state index in [9.17, 15) is 4.79 Å². The third-order valence-electron chi connectivity index (χ3n) is 4.45. The highest BCUT2D eigenvalue weighted by Crippen LogP contribution is 2.28. The number of piperazine rings is 1. The van der Waals surface area contributed by atoms with Crippen LogP contribution in [0.3, 0.4) is 0 Å². The Balaban J connectivity index is 1.72. The molecule has 102 valence electrons. The first kappa shape index (κ1) is 12.7. The van der Waals surface area contributed by atoms with Gasteiger partial charge in [0.05, 0.1) is 0 Å². The molecule has 19 heavy (non-hydrogen) atoms. The van der Waals surface area contributed by atoms with Gasteiger partial charge in [0, 0.05) is 31.1 Å². The Hall–Kier alpha value is -1.35. The van der Waals surface area contributed by atoms with E-state index in [1.807, 2.05) is 0 Å². The summed E-state index contributed by atoms with van der Waals surface area (Å²) in [4.78, 5) is 14.8. The zero-order chi connectivity index (χ0) is 13.4. The van der Waals surface area contributed by atoms with Crippen molar-refractivity contribution in [2.45, 2.75) is 38.8 Å². The molecule has 3 rings (SSSR count). The fraction of sp³-hybridized carbons (Fsp3) is 0.562. The van der Waals surface area contributed by atoms with E-state index in [1.54, 1.807) is 0 Å². The van der Waals surface area contributed by atoms with E-state index in [1.165, 1.54) is 11.1 Å². The lowest BCUT2D eigenvalue weighted by Gasteiger charge is -2.39. The molecule has 3 heteroatoms. The van der Waals surface area contributed by atoms with Gasteiger partial charge in [-0.1, -0.05) is 24.3 Å². The van der Waals surface area contributed by atoms with E-state index < -0.39 is 0 Å². The van der Waals surface area contributed by atoms with E-state index in [-0.39, 0.29) is 5.92 Å². The summed E-state index contributed by atoms with van der Waals surface area (Å²) < 4.78 is 0. The van der Waals surface area contributed by atoms with Crippen LogP contribution in [0.5, 0.6) is 0 Å². The van der Waals surface area contributed by atoms with Crippen molar-refractivity contribution in [3.8, 4) is 0 Å². The highest BCUT2D eigenvalue weighted by Gasteiger charge is 2.34. The molecule has 0 spiro atoms. The number of carbonyl (C=O) groups excluding carboxylic acids is 1. The molecule has 1 aromatic carbocycles. The highest BCUT2D eigenvalue weighted by atomic mass is 16.2. The smallest absolute Gasteiger partial charge is 0.226 e. The largest absolute Gasteiger partial charge is 0.337 e. The van der Waals surface area contributed by atoms with Crippen LogP contribution < -0.4 is 5.32 Å². The Kier molecular flexibility index (Phi) is 3.31. The summed E-state index contributed by atoms with van der Waals surface area (Å²) in [7, 11) is 0. The zero-order valence-electron chi connectivity index (χ0n) is 11.7. The second-order valence-electron chi connectivity index (χ2n) is 6.02. The van der Waals surface area contributed by atoms with Crippen LogP contribution in [-0.4, -0.2) is 36.0 Å². The van der Waals surface area contributed by atoms with E-state index in [4.69, 9.17) is 0 Å². The normalized spacial score (nSPS) is 27.4. The van der Waals surface area contributed by atoms with Crippen molar-refractivity contribution in [3.63, 3.8) is 0 Å². The minimum Gasteiger partial charge on any atom is -0.337 e. The van der Waals surface area contributed by atoms with Crippen LogP contribution in [-0.2, 0) is 17.6 Å². The van der Waals surface area contributed by atoms with Crippen molar-refractivity contribution >= 4 is 5.91 Å². The summed E-state index contributed by atoms with van der Waals surface area (Å²) >= 11 is 0. The van der Waals surface area contributed by atoms with E-state index in [0.717, 1.165) is 25.9 Å². The summed E-state index contributed by atoms with van der Waals surface area (Å²) in [5.74, 6) is 0.502. The second-order valence-corrected chi connectivity index (χ2v) is 6.02. The first-order chi connectivity index (χ1) is 9.15. The van der Waals surface area contributed by atoms with Crippen LogP contribution in [0.2, 0.25) is 0 Å². The van der Waals surface area contributed by atoms with Gasteiger partial charge in [-0.15, -0.1) is 0 Å². The van der Waals surface area contributed by atoms with Gasteiger partial charge >= 0.3 is 0 Å². The minimum absolute atomic E-state index is 0.158. The number of nitrogens with one attached hydrogen (secondary N) is 1. The fourth-order valence-electron chi connectivity index (χ4n) is 3.30. The molecule has 2 aliphatic rings. The third-order valence-corrected chi connectivity index (χ3v) is 4.45. The fourth-order valence-corrected chi connectivity index (χ4v) is 3.30. The van der Waals surface area contributed by atoms with Crippen molar-refractivity contribution in [1.82, 2.24) is 10.2 Å². The molecule has 2 atom stereocenters. The summed E-state index contributed by atoms with van der Waals surface area (Å²) in [6.07, 6.45) is 1.83. The lowest BCUT2D eigenvalue weighted by Crippen LogP contribution is -2.57. The molecule has 2 unspecified atom stereocenters. The predicted molar refractivity (Wildman–Crippen MR) is 76.0 cm³/mol. The van der Waals surface area contributed by atoms with Gasteiger partial charge in [-0.2, -0.15) is 0 Å². The maximum absolute atomic E-state index is 12.7. The number of carbonyl (C=O) groups is 1. The summed E-state index contributed by atoms with van der Waals surface area (Å²) in [6, 6.07) is 9.18. The van der Waals surface area contributed by atoms with Crippen molar-refractivity contribution in [1.29, 1.82) is 0 Å². The van der Waals surface area contributed by atoms with Crippen LogP contribution >= 0.6 is 0 Å². The summed E-state index contributed by atoms with van der Waals surface area (Å²) in [6.45, 7) is 6.04. The lowest BCUT2D eigenvalue weighted by atomic mass is 10.0. The highest BCUT2D eigenvalue weighted by molar-refractivity contribution is 5.81. The Labute approximate surface area is 115 Å². The maximum Gasteiger partial charge on any atom is 0.226 e. The monoisotopic (exact) mass is 258 g/mol. The van der Waals surface area contributed by atoms with E-state index >= 15 is 0 Å². The van der Waals surface area contributed by atoms with Gasteiger partial charge in [0.25, 0.3) is 0 Å². The number of fused-ring (bicyclic) bond motifs is 1. The SMILES string of the molecule is CC1CN(C(=O)C2Cc3ccccc3C2)C(C)CN1. The molecule has 1 N–H and O–H groups in total. The molecular formula is C16H22N2O. The number of hydrogen-bond acceptors (Lipinski definition) is 2. The topological polar surface area (TPSA) is 32.3 Å². The number of rotatable bonds is 1. The van der Waals surface area contributed by atoms with Gasteiger partial charge in [-0.05, 0) is 37.8 Å². The van der Waals surface area contributed by atoms with Gasteiger partial charge in [0.1, 0.15) is 0 Å². The Morgan fingerprint density at radius 3 is 2.47 bits per heavy atom. The molecule has 1 aliphatic carbocycles. The Morgan fingerprint density at radius 2 is 1.84 bits per heavy atom. The van der Waals surface area contributed by atoms with Crippen LogP contribution in [0.15, 0.2) is 24.3 Å². The molecule has 1 fully saturated rings. The van der Waals surface area contributed by atoms with E-state index in [0.29, 0.717) is 18.0 Å². The van der Waals surface area contributed by atoms with Gasteiger partial charge in [0.2, 0.25) is 5.91 Å². The van der Waals surface area contributed by atoms with Crippen molar-refractivity contribution < 1.29 is 4.79 Å². The number of amides is 1. The van der Waals surface area contributed by atoms with Crippen LogP contribution in [0, 0.1) is 5.92 Å². The number of benzene rings is 1. The molecule has 0 radical (unpaired) electrons. The van der Waals surface area contributed by atoms with Crippen molar-refractivity contribution in [2.24, 2.45) is 5.92 Å². The average molecular weight is 258 g/mol.